The monoisotopic (exact) mass is 661 g/mol. The van der Waals surface area contributed by atoms with Crippen LogP contribution in [0.15, 0.2) is 86.4 Å². The Morgan fingerprint density at radius 1 is 1.10 bits per heavy atom. The molecular formula is C29H22BrCl2NO6S. The van der Waals surface area contributed by atoms with Crippen molar-refractivity contribution in [2.75, 3.05) is 13.7 Å². The minimum atomic E-state index is -0.801. The Labute approximate surface area is 253 Å². The fourth-order valence-electron chi connectivity index (χ4n) is 3.68. The van der Waals surface area contributed by atoms with Gasteiger partial charge in [0.15, 0.2) is 11.5 Å². The number of ether oxygens (including phenoxy) is 3. The number of aliphatic hydroxyl groups is 1. The Bertz CT molecular complexity index is 1570. The van der Waals surface area contributed by atoms with Crippen molar-refractivity contribution < 1.29 is 28.9 Å². The van der Waals surface area contributed by atoms with Crippen LogP contribution in [0.3, 0.4) is 0 Å². The third-order valence-corrected chi connectivity index (χ3v) is 7.67. The Kier molecular flexibility index (Phi) is 9.97. The van der Waals surface area contributed by atoms with Crippen LogP contribution in [0.2, 0.25) is 10.0 Å². The molecule has 1 N–H and O–H groups in total. The molecule has 0 saturated heterocycles. The van der Waals surface area contributed by atoms with Crippen LogP contribution in [0.25, 0.3) is 6.08 Å². The summed E-state index contributed by atoms with van der Waals surface area (Å²) in [6, 6.07) is 17.2. The maximum atomic E-state index is 12.9. The molecule has 11 heteroatoms. The number of carbonyl (C=O) groups excluding carboxylic acids is 2. The predicted octanol–water partition coefficient (Wildman–Crippen LogP) is 8.05. The van der Waals surface area contributed by atoms with E-state index in [0.29, 0.717) is 26.6 Å². The highest BCUT2D eigenvalue weighted by molar-refractivity contribution is 9.10. The molecule has 40 heavy (non-hydrogen) atoms. The van der Waals surface area contributed by atoms with E-state index < -0.39 is 11.9 Å². The molecule has 1 amide bonds. The SMILES string of the molecule is CCOC(=O)C1=C(O)/C(=C/c2cc(Br)c(OCc3cccc(Cl)c3)c(OC)c2)SC1=NC(=O)c1ccccc1Cl. The Morgan fingerprint density at radius 2 is 1.88 bits per heavy atom. The van der Waals surface area contributed by atoms with Crippen molar-refractivity contribution in [1.82, 2.24) is 0 Å². The van der Waals surface area contributed by atoms with Crippen molar-refractivity contribution in [1.29, 1.82) is 0 Å². The molecule has 0 fully saturated rings. The first-order valence-corrected chi connectivity index (χ1v) is 14.2. The zero-order chi connectivity index (χ0) is 28.8. The van der Waals surface area contributed by atoms with Gasteiger partial charge in [0.1, 0.15) is 23.0 Å². The van der Waals surface area contributed by atoms with Gasteiger partial charge in [0, 0.05) is 5.02 Å². The van der Waals surface area contributed by atoms with E-state index in [-0.39, 0.29) is 45.1 Å². The Hall–Kier alpha value is -3.24. The van der Waals surface area contributed by atoms with E-state index in [9.17, 15) is 14.7 Å². The highest BCUT2D eigenvalue weighted by Gasteiger charge is 2.34. The molecule has 0 spiro atoms. The summed E-state index contributed by atoms with van der Waals surface area (Å²) in [5.41, 5.74) is 1.47. The van der Waals surface area contributed by atoms with E-state index in [2.05, 4.69) is 20.9 Å². The number of rotatable bonds is 8. The lowest BCUT2D eigenvalue weighted by atomic mass is 10.1. The summed E-state index contributed by atoms with van der Waals surface area (Å²) in [7, 11) is 1.51. The van der Waals surface area contributed by atoms with Crippen LogP contribution in [0.4, 0.5) is 0 Å². The molecule has 4 rings (SSSR count). The first kappa shape index (κ1) is 29.7. The van der Waals surface area contributed by atoms with Crippen LogP contribution in [0, 0.1) is 0 Å². The Morgan fingerprint density at radius 3 is 2.58 bits per heavy atom. The maximum Gasteiger partial charge on any atom is 0.344 e. The summed E-state index contributed by atoms with van der Waals surface area (Å²) >= 11 is 16.7. The van der Waals surface area contributed by atoms with Crippen molar-refractivity contribution in [2.45, 2.75) is 13.5 Å². The van der Waals surface area contributed by atoms with Gasteiger partial charge in [-0.15, -0.1) is 0 Å². The molecule has 0 unspecified atom stereocenters. The molecule has 0 aromatic heterocycles. The number of benzene rings is 3. The quantitative estimate of drug-likeness (QED) is 0.244. The maximum absolute atomic E-state index is 12.9. The molecule has 3 aromatic rings. The average molecular weight is 663 g/mol. The summed E-state index contributed by atoms with van der Waals surface area (Å²) < 4.78 is 17.2. The van der Waals surface area contributed by atoms with Crippen LogP contribution in [0.5, 0.6) is 11.5 Å². The van der Waals surface area contributed by atoms with Crippen molar-refractivity contribution in [2.24, 2.45) is 4.99 Å². The van der Waals surface area contributed by atoms with Gasteiger partial charge >= 0.3 is 5.97 Å². The van der Waals surface area contributed by atoms with Gasteiger partial charge in [-0.25, -0.2) is 9.79 Å². The molecule has 0 aliphatic carbocycles. The summed E-state index contributed by atoms with van der Waals surface area (Å²) in [6.45, 7) is 1.98. The van der Waals surface area contributed by atoms with Crippen LogP contribution < -0.4 is 9.47 Å². The van der Waals surface area contributed by atoms with E-state index in [0.717, 1.165) is 17.3 Å². The third kappa shape index (κ3) is 6.90. The third-order valence-electron chi connectivity index (χ3n) is 5.50. The van der Waals surface area contributed by atoms with Crippen molar-refractivity contribution in [3.05, 3.63) is 108 Å². The lowest BCUT2D eigenvalue weighted by Crippen LogP contribution is -2.14. The molecule has 0 radical (unpaired) electrons. The van der Waals surface area contributed by atoms with Gasteiger partial charge in [0.25, 0.3) is 5.91 Å². The van der Waals surface area contributed by atoms with Crippen LogP contribution in [-0.2, 0) is 16.1 Å². The molecule has 0 saturated carbocycles. The highest BCUT2D eigenvalue weighted by Crippen LogP contribution is 2.42. The standard InChI is InChI=1S/C29H22BrCl2NO6S/c1-3-38-29(36)24-25(34)23(40-28(24)33-27(35)19-9-4-5-10-21(19)32)14-17-12-20(30)26(22(13-17)37-2)39-15-16-7-6-8-18(31)11-16/h4-14,34H,3,15H2,1-2H3/b23-14-,33-28?. The fraction of sp³-hybridized carbons (Fsp3) is 0.138. The number of halogens is 3. The summed E-state index contributed by atoms with van der Waals surface area (Å²) in [4.78, 5) is 29.9. The molecule has 7 nitrogen and oxygen atoms in total. The number of thioether (sulfide) groups is 1. The molecule has 0 atom stereocenters. The van der Waals surface area contributed by atoms with Gasteiger partial charge in [-0.3, -0.25) is 4.79 Å². The minimum absolute atomic E-state index is 0.000346. The zero-order valence-electron chi connectivity index (χ0n) is 21.2. The second kappa shape index (κ2) is 13.4. The van der Waals surface area contributed by atoms with E-state index in [1.54, 1.807) is 49.4 Å². The molecule has 1 aliphatic heterocycles. The van der Waals surface area contributed by atoms with Crippen molar-refractivity contribution in [3.8, 4) is 11.5 Å². The van der Waals surface area contributed by atoms with E-state index in [1.165, 1.54) is 13.2 Å². The first-order valence-electron chi connectivity index (χ1n) is 11.8. The van der Waals surface area contributed by atoms with E-state index in [1.807, 2.05) is 18.2 Å². The van der Waals surface area contributed by atoms with Gasteiger partial charge in [-0.2, -0.15) is 0 Å². The summed E-state index contributed by atoms with van der Waals surface area (Å²) in [5.74, 6) is -0.906. The average Bonchev–Trinajstić information content (AvgIpc) is 3.22. The molecule has 1 heterocycles. The Balaban J connectivity index is 1.67. The van der Waals surface area contributed by atoms with Gasteiger partial charge in [0.05, 0.1) is 33.7 Å². The van der Waals surface area contributed by atoms with Gasteiger partial charge in [-0.1, -0.05) is 59.2 Å². The van der Waals surface area contributed by atoms with Crippen LogP contribution in [-0.4, -0.2) is 35.7 Å². The summed E-state index contributed by atoms with van der Waals surface area (Å²) in [6.07, 6.45) is 1.63. The number of methoxy groups -OCH3 is 1. The van der Waals surface area contributed by atoms with E-state index >= 15 is 0 Å². The van der Waals surface area contributed by atoms with Gasteiger partial charge in [0.2, 0.25) is 0 Å². The largest absolute Gasteiger partial charge is 0.506 e. The van der Waals surface area contributed by atoms with Crippen LogP contribution >= 0.6 is 50.9 Å². The topological polar surface area (TPSA) is 94.4 Å². The fourth-order valence-corrected chi connectivity index (χ4v) is 5.69. The number of carbonyl (C=O) groups is 2. The normalized spacial score (nSPS) is 15.0. The predicted molar refractivity (Wildman–Crippen MR) is 162 cm³/mol. The number of hydrogen-bond acceptors (Lipinski definition) is 7. The molecule has 3 aromatic carbocycles. The van der Waals surface area contributed by atoms with Crippen LogP contribution in [0.1, 0.15) is 28.4 Å². The van der Waals surface area contributed by atoms with Gasteiger partial charge in [-0.05, 0) is 76.5 Å². The number of esters is 1. The van der Waals surface area contributed by atoms with Crippen molar-refractivity contribution >= 4 is 73.9 Å². The number of nitrogens with zero attached hydrogens (tertiary/aromatic N) is 1. The van der Waals surface area contributed by atoms with Gasteiger partial charge < -0.3 is 19.3 Å². The van der Waals surface area contributed by atoms with Crippen molar-refractivity contribution in [3.63, 3.8) is 0 Å². The highest BCUT2D eigenvalue weighted by atomic mass is 79.9. The number of aliphatic hydroxyl groups excluding tert-OH is 1. The number of hydrogen-bond donors (Lipinski definition) is 1. The molecule has 0 bridgehead atoms. The molecular weight excluding hydrogens is 641 g/mol. The van der Waals surface area contributed by atoms with E-state index in [4.69, 9.17) is 37.4 Å². The minimum Gasteiger partial charge on any atom is -0.506 e. The molecule has 1 aliphatic rings. The first-order chi connectivity index (χ1) is 19.2. The second-order valence-electron chi connectivity index (χ2n) is 8.21. The molecule has 206 valence electrons. The number of amides is 1. The second-order valence-corrected chi connectivity index (χ2v) is 10.9. The number of aliphatic imine (C=N–C) groups is 1. The zero-order valence-corrected chi connectivity index (χ0v) is 25.2. The lowest BCUT2D eigenvalue weighted by molar-refractivity contribution is -0.138. The lowest BCUT2D eigenvalue weighted by Gasteiger charge is -2.14. The summed E-state index contributed by atoms with van der Waals surface area (Å²) in [5, 5.41) is 11.8. The smallest absolute Gasteiger partial charge is 0.344 e.